The molecule has 2 aromatic rings. The minimum atomic E-state index is -0.864. The van der Waals surface area contributed by atoms with Crippen LogP contribution in [-0.4, -0.2) is 27.8 Å². The van der Waals surface area contributed by atoms with Crippen LogP contribution in [0.4, 0.5) is 0 Å². The van der Waals surface area contributed by atoms with E-state index in [1.165, 1.54) is 0 Å². The first kappa shape index (κ1) is 14.8. The lowest BCUT2D eigenvalue weighted by atomic mass is 10.1. The summed E-state index contributed by atoms with van der Waals surface area (Å²) in [6, 6.07) is 6.52. The average Bonchev–Trinajstić information content (AvgIpc) is 2.87. The predicted molar refractivity (Wildman–Crippen MR) is 76.7 cm³/mol. The van der Waals surface area contributed by atoms with Gasteiger partial charge in [-0.05, 0) is 29.8 Å². The largest absolute Gasteiger partial charge is 0.387 e. The lowest BCUT2D eigenvalue weighted by Gasteiger charge is -2.13. The van der Waals surface area contributed by atoms with Gasteiger partial charge < -0.3 is 10.4 Å². The Morgan fingerprint density at radius 2 is 2.05 bits per heavy atom. The SMILES string of the molecule is O=C(Cc1ccn[nH]1)NCC(O)c1cc(Cl)cc(Cl)c1. The summed E-state index contributed by atoms with van der Waals surface area (Å²) >= 11 is 11.7. The number of halogens is 2. The highest BCUT2D eigenvalue weighted by Gasteiger charge is 2.11. The van der Waals surface area contributed by atoms with Gasteiger partial charge >= 0.3 is 0 Å². The smallest absolute Gasteiger partial charge is 0.226 e. The molecule has 1 aromatic heterocycles. The number of nitrogens with zero attached hydrogens (tertiary/aromatic N) is 1. The van der Waals surface area contributed by atoms with E-state index in [4.69, 9.17) is 23.2 Å². The van der Waals surface area contributed by atoms with Gasteiger partial charge in [-0.15, -0.1) is 0 Å². The monoisotopic (exact) mass is 313 g/mol. The summed E-state index contributed by atoms with van der Waals surface area (Å²) < 4.78 is 0. The minimum absolute atomic E-state index is 0.0869. The molecule has 0 aliphatic rings. The van der Waals surface area contributed by atoms with Crippen LogP contribution in [0.1, 0.15) is 17.4 Å². The Labute approximate surface area is 125 Å². The van der Waals surface area contributed by atoms with E-state index in [2.05, 4.69) is 15.5 Å². The number of carbonyl (C=O) groups is 1. The van der Waals surface area contributed by atoms with Gasteiger partial charge in [-0.2, -0.15) is 5.10 Å². The van der Waals surface area contributed by atoms with Crippen molar-refractivity contribution in [1.29, 1.82) is 0 Å². The third-order valence-electron chi connectivity index (χ3n) is 2.67. The van der Waals surface area contributed by atoms with Crippen molar-refractivity contribution in [2.24, 2.45) is 0 Å². The fourth-order valence-corrected chi connectivity index (χ4v) is 2.26. The predicted octanol–water partition coefficient (Wildman–Crippen LogP) is 2.11. The van der Waals surface area contributed by atoms with Crippen LogP contribution in [0.15, 0.2) is 30.5 Å². The third-order valence-corrected chi connectivity index (χ3v) is 3.11. The first-order valence-corrected chi connectivity index (χ1v) is 6.69. The summed E-state index contributed by atoms with van der Waals surface area (Å²) in [5, 5.41) is 20.0. The van der Waals surface area contributed by atoms with Crippen molar-refractivity contribution in [3.63, 3.8) is 0 Å². The van der Waals surface area contributed by atoms with Crippen LogP contribution in [0.25, 0.3) is 0 Å². The van der Waals surface area contributed by atoms with Gasteiger partial charge in [0.25, 0.3) is 0 Å². The van der Waals surface area contributed by atoms with Crippen molar-refractivity contribution in [1.82, 2.24) is 15.5 Å². The summed E-state index contributed by atoms with van der Waals surface area (Å²) in [6.45, 7) is 0.0869. The molecule has 5 nitrogen and oxygen atoms in total. The standard InChI is InChI=1S/C13H13Cl2N3O2/c14-9-3-8(4-10(15)5-9)12(19)7-16-13(20)6-11-1-2-17-18-11/h1-5,12,19H,6-7H2,(H,16,20)(H,17,18). The Bertz CT molecular complexity index is 567. The van der Waals surface area contributed by atoms with Crippen molar-refractivity contribution in [3.05, 3.63) is 51.8 Å². The Morgan fingerprint density at radius 1 is 1.35 bits per heavy atom. The first-order chi connectivity index (χ1) is 9.54. The first-order valence-electron chi connectivity index (χ1n) is 5.93. The quantitative estimate of drug-likeness (QED) is 0.791. The Kier molecular flexibility index (Phi) is 5.00. The summed E-state index contributed by atoms with van der Waals surface area (Å²) in [5.74, 6) is -0.207. The number of aliphatic hydroxyl groups excluding tert-OH is 1. The molecule has 7 heteroatoms. The topological polar surface area (TPSA) is 78.0 Å². The zero-order chi connectivity index (χ0) is 14.5. The van der Waals surface area contributed by atoms with E-state index in [0.29, 0.717) is 21.3 Å². The molecule has 0 saturated heterocycles. The molecule has 0 aliphatic carbocycles. The van der Waals surface area contributed by atoms with Gasteiger partial charge in [0.1, 0.15) is 0 Å². The minimum Gasteiger partial charge on any atom is -0.387 e. The van der Waals surface area contributed by atoms with Gasteiger partial charge in [0, 0.05) is 28.5 Å². The molecule has 3 N–H and O–H groups in total. The fourth-order valence-electron chi connectivity index (χ4n) is 1.71. The maximum Gasteiger partial charge on any atom is 0.226 e. The molecular formula is C13H13Cl2N3O2. The normalized spacial score (nSPS) is 12.2. The van der Waals surface area contributed by atoms with Crippen LogP contribution in [0.3, 0.4) is 0 Å². The number of aliphatic hydroxyl groups is 1. The van der Waals surface area contributed by atoms with Crippen LogP contribution < -0.4 is 5.32 Å². The van der Waals surface area contributed by atoms with E-state index < -0.39 is 6.10 Å². The zero-order valence-electron chi connectivity index (χ0n) is 10.4. The van der Waals surface area contributed by atoms with Gasteiger partial charge in [0.15, 0.2) is 0 Å². The number of hydrogen-bond acceptors (Lipinski definition) is 3. The third kappa shape index (κ3) is 4.23. The molecule has 1 aromatic carbocycles. The van der Waals surface area contributed by atoms with Gasteiger partial charge in [0.05, 0.1) is 12.5 Å². The second kappa shape index (κ2) is 6.74. The van der Waals surface area contributed by atoms with Gasteiger partial charge in [-0.3, -0.25) is 9.89 Å². The molecular weight excluding hydrogens is 301 g/mol. The van der Waals surface area contributed by atoms with Crippen LogP contribution in [-0.2, 0) is 11.2 Å². The van der Waals surface area contributed by atoms with E-state index >= 15 is 0 Å². The van der Waals surface area contributed by atoms with Crippen molar-refractivity contribution in [2.45, 2.75) is 12.5 Å². The average molecular weight is 314 g/mol. The molecule has 0 bridgehead atoms. The molecule has 0 spiro atoms. The van der Waals surface area contributed by atoms with E-state index in [-0.39, 0.29) is 18.9 Å². The Morgan fingerprint density at radius 3 is 2.65 bits per heavy atom. The van der Waals surface area contributed by atoms with Crippen molar-refractivity contribution in [3.8, 4) is 0 Å². The number of aromatic nitrogens is 2. The summed E-state index contributed by atoms with van der Waals surface area (Å²) in [7, 11) is 0. The zero-order valence-corrected chi connectivity index (χ0v) is 11.9. The fraction of sp³-hybridized carbons (Fsp3) is 0.231. The second-order valence-corrected chi connectivity index (χ2v) is 5.15. The molecule has 1 heterocycles. The highest BCUT2D eigenvalue weighted by Crippen LogP contribution is 2.23. The summed E-state index contributed by atoms with van der Waals surface area (Å²) in [4.78, 5) is 11.7. The van der Waals surface area contributed by atoms with Crippen LogP contribution in [0, 0.1) is 0 Å². The van der Waals surface area contributed by atoms with E-state index in [1.54, 1.807) is 30.5 Å². The molecule has 0 radical (unpaired) electrons. The Balaban J connectivity index is 1.88. The number of benzene rings is 1. The number of rotatable bonds is 5. The lowest BCUT2D eigenvalue weighted by Crippen LogP contribution is -2.29. The highest BCUT2D eigenvalue weighted by atomic mass is 35.5. The summed E-state index contributed by atoms with van der Waals surface area (Å²) in [5.41, 5.74) is 1.27. The Hall–Kier alpha value is -1.56. The van der Waals surface area contributed by atoms with Crippen LogP contribution in [0.2, 0.25) is 10.0 Å². The van der Waals surface area contributed by atoms with Gasteiger partial charge in [0.2, 0.25) is 5.91 Å². The molecule has 0 fully saturated rings. The molecule has 0 saturated carbocycles. The van der Waals surface area contributed by atoms with E-state index in [9.17, 15) is 9.90 Å². The number of carbonyl (C=O) groups excluding carboxylic acids is 1. The molecule has 106 valence electrons. The van der Waals surface area contributed by atoms with Crippen molar-refractivity contribution in [2.75, 3.05) is 6.54 Å². The van der Waals surface area contributed by atoms with Gasteiger partial charge in [-0.1, -0.05) is 23.2 Å². The van der Waals surface area contributed by atoms with Crippen LogP contribution in [0.5, 0.6) is 0 Å². The molecule has 2 rings (SSSR count). The maximum atomic E-state index is 11.7. The van der Waals surface area contributed by atoms with E-state index in [1.807, 2.05) is 0 Å². The molecule has 1 unspecified atom stereocenters. The number of hydrogen-bond donors (Lipinski definition) is 3. The number of nitrogens with one attached hydrogen (secondary N) is 2. The lowest BCUT2D eigenvalue weighted by molar-refractivity contribution is -0.120. The molecule has 1 atom stereocenters. The van der Waals surface area contributed by atoms with Crippen molar-refractivity contribution >= 4 is 29.1 Å². The molecule has 1 amide bonds. The second-order valence-electron chi connectivity index (χ2n) is 4.28. The summed E-state index contributed by atoms with van der Waals surface area (Å²) in [6.07, 6.45) is 0.894. The maximum absolute atomic E-state index is 11.7. The van der Waals surface area contributed by atoms with Gasteiger partial charge in [-0.25, -0.2) is 0 Å². The molecule has 0 aliphatic heterocycles. The highest BCUT2D eigenvalue weighted by molar-refractivity contribution is 6.34. The number of H-pyrrole nitrogens is 1. The van der Waals surface area contributed by atoms with Crippen LogP contribution >= 0.6 is 23.2 Å². The number of amides is 1. The number of aromatic amines is 1. The molecule has 20 heavy (non-hydrogen) atoms. The van der Waals surface area contributed by atoms with Crippen molar-refractivity contribution < 1.29 is 9.90 Å². The van der Waals surface area contributed by atoms with E-state index in [0.717, 1.165) is 0 Å².